The first-order chi connectivity index (χ1) is 10.1. The minimum absolute atomic E-state index is 0.378. The van der Waals surface area contributed by atoms with Crippen molar-refractivity contribution in [2.45, 2.75) is 33.0 Å². The SMILES string of the molecule is CC(C)N(Cc1ccnc(C#N)c1)Cc1ccccc1N. The van der Waals surface area contributed by atoms with Crippen LogP contribution in [0.15, 0.2) is 42.6 Å². The van der Waals surface area contributed by atoms with E-state index in [-0.39, 0.29) is 0 Å². The van der Waals surface area contributed by atoms with E-state index < -0.39 is 0 Å². The highest BCUT2D eigenvalue weighted by molar-refractivity contribution is 5.46. The summed E-state index contributed by atoms with van der Waals surface area (Å²) in [6.45, 7) is 5.87. The van der Waals surface area contributed by atoms with E-state index in [0.717, 1.165) is 29.9 Å². The molecule has 2 rings (SSSR count). The van der Waals surface area contributed by atoms with E-state index in [1.54, 1.807) is 6.20 Å². The van der Waals surface area contributed by atoms with E-state index in [4.69, 9.17) is 11.0 Å². The van der Waals surface area contributed by atoms with Crippen molar-refractivity contribution in [2.24, 2.45) is 0 Å². The highest BCUT2D eigenvalue weighted by atomic mass is 15.1. The third kappa shape index (κ3) is 4.04. The number of nitriles is 1. The van der Waals surface area contributed by atoms with Gasteiger partial charge in [0.2, 0.25) is 0 Å². The smallest absolute Gasteiger partial charge is 0.140 e. The molecule has 1 aromatic heterocycles. The van der Waals surface area contributed by atoms with Crippen LogP contribution in [0, 0.1) is 11.3 Å². The van der Waals surface area contributed by atoms with Gasteiger partial charge in [-0.1, -0.05) is 18.2 Å². The van der Waals surface area contributed by atoms with E-state index in [9.17, 15) is 0 Å². The number of pyridine rings is 1. The van der Waals surface area contributed by atoms with Gasteiger partial charge in [0.25, 0.3) is 0 Å². The highest BCUT2D eigenvalue weighted by Crippen LogP contribution is 2.17. The fraction of sp³-hybridized carbons (Fsp3) is 0.294. The molecule has 1 heterocycles. The maximum Gasteiger partial charge on any atom is 0.140 e. The highest BCUT2D eigenvalue weighted by Gasteiger charge is 2.12. The number of nitrogen functional groups attached to an aromatic ring is 1. The Balaban J connectivity index is 2.16. The quantitative estimate of drug-likeness (QED) is 0.855. The number of hydrogen-bond donors (Lipinski definition) is 1. The van der Waals surface area contributed by atoms with Crippen LogP contribution < -0.4 is 5.73 Å². The minimum atomic E-state index is 0.378. The number of hydrogen-bond acceptors (Lipinski definition) is 4. The largest absolute Gasteiger partial charge is 0.398 e. The summed E-state index contributed by atoms with van der Waals surface area (Å²) in [5.41, 5.74) is 9.51. The van der Waals surface area contributed by atoms with E-state index in [0.29, 0.717) is 11.7 Å². The molecule has 0 saturated carbocycles. The Hall–Kier alpha value is -2.38. The van der Waals surface area contributed by atoms with Crippen molar-refractivity contribution in [1.82, 2.24) is 9.88 Å². The van der Waals surface area contributed by atoms with Crippen molar-refractivity contribution in [3.63, 3.8) is 0 Å². The lowest BCUT2D eigenvalue weighted by Gasteiger charge is -2.27. The lowest BCUT2D eigenvalue weighted by atomic mass is 10.1. The molecule has 2 aromatic rings. The van der Waals surface area contributed by atoms with Gasteiger partial charge < -0.3 is 5.73 Å². The fourth-order valence-corrected chi connectivity index (χ4v) is 2.19. The zero-order valence-electron chi connectivity index (χ0n) is 12.5. The van der Waals surface area contributed by atoms with Gasteiger partial charge in [-0.2, -0.15) is 5.26 Å². The Morgan fingerprint density at radius 3 is 2.67 bits per heavy atom. The third-order valence-corrected chi connectivity index (χ3v) is 3.48. The molecular weight excluding hydrogens is 260 g/mol. The Morgan fingerprint density at radius 1 is 1.24 bits per heavy atom. The number of rotatable bonds is 5. The van der Waals surface area contributed by atoms with Crippen LogP contribution in [0.5, 0.6) is 0 Å². The summed E-state index contributed by atoms with van der Waals surface area (Å²) in [6, 6.07) is 14.2. The minimum Gasteiger partial charge on any atom is -0.398 e. The molecule has 4 nitrogen and oxygen atoms in total. The Morgan fingerprint density at radius 2 is 2.00 bits per heavy atom. The van der Waals surface area contributed by atoms with Gasteiger partial charge in [0, 0.05) is 31.0 Å². The van der Waals surface area contributed by atoms with E-state index in [1.165, 1.54) is 0 Å². The molecule has 0 aliphatic rings. The van der Waals surface area contributed by atoms with Crippen molar-refractivity contribution in [3.8, 4) is 6.07 Å². The Bertz CT molecular complexity index is 643. The predicted molar refractivity (Wildman–Crippen MR) is 84.2 cm³/mol. The molecule has 0 aliphatic carbocycles. The molecule has 0 saturated heterocycles. The first-order valence-electron chi connectivity index (χ1n) is 7.02. The second-order valence-corrected chi connectivity index (χ2v) is 5.36. The number of nitrogens with two attached hydrogens (primary N) is 1. The zero-order valence-corrected chi connectivity index (χ0v) is 12.5. The van der Waals surface area contributed by atoms with Gasteiger partial charge in [-0.25, -0.2) is 4.98 Å². The topological polar surface area (TPSA) is 65.9 Å². The van der Waals surface area contributed by atoms with Crippen molar-refractivity contribution in [2.75, 3.05) is 5.73 Å². The molecule has 0 amide bonds. The molecule has 108 valence electrons. The number of anilines is 1. The summed E-state index contributed by atoms with van der Waals surface area (Å²) in [5, 5.41) is 8.93. The summed E-state index contributed by atoms with van der Waals surface area (Å²) in [5.74, 6) is 0. The molecule has 1 aromatic carbocycles. The Labute approximate surface area is 125 Å². The van der Waals surface area contributed by atoms with Crippen LogP contribution in [0.2, 0.25) is 0 Å². The standard InChI is InChI=1S/C17H20N4/c1-13(2)21(12-15-5-3-4-6-17(15)19)11-14-7-8-20-16(9-14)10-18/h3-9,13H,11-12,19H2,1-2H3. The average Bonchev–Trinajstić information content (AvgIpc) is 2.49. The zero-order chi connectivity index (χ0) is 15.2. The molecule has 2 N–H and O–H groups in total. The van der Waals surface area contributed by atoms with E-state index in [1.807, 2.05) is 30.3 Å². The summed E-state index contributed by atoms with van der Waals surface area (Å²) < 4.78 is 0. The number of aromatic nitrogens is 1. The monoisotopic (exact) mass is 280 g/mol. The Kier molecular flexibility index (Phi) is 4.91. The number of benzene rings is 1. The third-order valence-electron chi connectivity index (χ3n) is 3.48. The van der Waals surface area contributed by atoms with Crippen LogP contribution in [-0.4, -0.2) is 15.9 Å². The van der Waals surface area contributed by atoms with Crippen LogP contribution in [0.4, 0.5) is 5.69 Å². The van der Waals surface area contributed by atoms with Crippen LogP contribution in [0.1, 0.15) is 30.7 Å². The van der Waals surface area contributed by atoms with Gasteiger partial charge in [0.05, 0.1) is 0 Å². The lowest BCUT2D eigenvalue weighted by molar-refractivity contribution is 0.204. The molecule has 0 aliphatic heterocycles. The molecule has 0 unspecified atom stereocenters. The molecule has 0 spiro atoms. The molecule has 0 atom stereocenters. The second kappa shape index (κ2) is 6.87. The van der Waals surface area contributed by atoms with Gasteiger partial charge >= 0.3 is 0 Å². The van der Waals surface area contributed by atoms with Crippen LogP contribution in [0.25, 0.3) is 0 Å². The van der Waals surface area contributed by atoms with Crippen molar-refractivity contribution in [1.29, 1.82) is 5.26 Å². The van der Waals surface area contributed by atoms with E-state index in [2.05, 4.69) is 35.9 Å². The first kappa shape index (κ1) is 15.0. The molecular formula is C17H20N4. The molecule has 4 heteroatoms. The molecule has 0 bridgehead atoms. The average molecular weight is 280 g/mol. The van der Waals surface area contributed by atoms with Gasteiger partial charge in [0.1, 0.15) is 11.8 Å². The molecule has 0 radical (unpaired) electrons. The summed E-state index contributed by atoms with van der Waals surface area (Å²) in [7, 11) is 0. The lowest BCUT2D eigenvalue weighted by Crippen LogP contribution is -2.30. The van der Waals surface area contributed by atoms with Crippen LogP contribution >= 0.6 is 0 Å². The molecule has 21 heavy (non-hydrogen) atoms. The maximum atomic E-state index is 8.93. The summed E-state index contributed by atoms with van der Waals surface area (Å²) >= 11 is 0. The summed E-state index contributed by atoms with van der Waals surface area (Å²) in [4.78, 5) is 6.33. The van der Waals surface area contributed by atoms with Crippen molar-refractivity contribution >= 4 is 5.69 Å². The van der Waals surface area contributed by atoms with E-state index >= 15 is 0 Å². The van der Waals surface area contributed by atoms with Crippen LogP contribution in [0.3, 0.4) is 0 Å². The van der Waals surface area contributed by atoms with Crippen molar-refractivity contribution in [3.05, 3.63) is 59.4 Å². The summed E-state index contributed by atoms with van der Waals surface area (Å²) in [6.07, 6.45) is 1.68. The fourth-order valence-electron chi connectivity index (χ4n) is 2.19. The van der Waals surface area contributed by atoms with Crippen LogP contribution in [-0.2, 0) is 13.1 Å². The number of para-hydroxylation sites is 1. The predicted octanol–water partition coefficient (Wildman–Crippen LogP) is 2.95. The second-order valence-electron chi connectivity index (χ2n) is 5.36. The maximum absolute atomic E-state index is 8.93. The normalized spacial score (nSPS) is 10.8. The van der Waals surface area contributed by atoms with Gasteiger partial charge in [-0.3, -0.25) is 4.90 Å². The number of nitrogens with zero attached hydrogens (tertiary/aromatic N) is 3. The van der Waals surface area contributed by atoms with Gasteiger partial charge in [-0.15, -0.1) is 0 Å². The van der Waals surface area contributed by atoms with Gasteiger partial charge in [0.15, 0.2) is 0 Å². The van der Waals surface area contributed by atoms with Gasteiger partial charge in [-0.05, 0) is 43.2 Å². The molecule has 0 fully saturated rings. The first-order valence-corrected chi connectivity index (χ1v) is 7.02. The van der Waals surface area contributed by atoms with Crippen molar-refractivity contribution < 1.29 is 0 Å².